The molecule has 1 saturated heterocycles. The van der Waals surface area contributed by atoms with E-state index in [4.69, 9.17) is 4.74 Å². The molecule has 0 aromatic heterocycles. The van der Waals surface area contributed by atoms with Crippen LogP contribution < -0.4 is 15.0 Å². The van der Waals surface area contributed by atoms with Gasteiger partial charge in [0, 0.05) is 36.6 Å². The van der Waals surface area contributed by atoms with Crippen molar-refractivity contribution in [3.63, 3.8) is 0 Å². The summed E-state index contributed by atoms with van der Waals surface area (Å²) >= 11 is 0. The molecule has 10 heteroatoms. The number of amides is 2. The van der Waals surface area contributed by atoms with Gasteiger partial charge in [0.25, 0.3) is 5.91 Å². The van der Waals surface area contributed by atoms with E-state index in [9.17, 15) is 22.4 Å². The molecular formula is C28H28FN3O5S. The predicted molar refractivity (Wildman–Crippen MR) is 141 cm³/mol. The Morgan fingerprint density at radius 2 is 1.74 bits per heavy atom. The molecule has 2 aliphatic heterocycles. The summed E-state index contributed by atoms with van der Waals surface area (Å²) in [6.07, 6.45) is 1.80. The van der Waals surface area contributed by atoms with Crippen LogP contribution in [-0.2, 0) is 21.2 Å². The maximum atomic E-state index is 13.3. The smallest absolute Gasteiger partial charge is 0.258 e. The number of nitrogens with zero attached hydrogens (tertiary/aromatic N) is 2. The van der Waals surface area contributed by atoms with Crippen molar-refractivity contribution in [3.05, 3.63) is 83.7 Å². The Morgan fingerprint density at radius 1 is 1.00 bits per heavy atom. The second-order valence-electron chi connectivity index (χ2n) is 9.42. The Kier molecular flexibility index (Phi) is 7.18. The number of nitrogens with one attached hydrogen (secondary N) is 1. The number of piperidine rings is 1. The van der Waals surface area contributed by atoms with E-state index in [-0.39, 0.29) is 23.3 Å². The van der Waals surface area contributed by atoms with E-state index < -0.39 is 21.8 Å². The molecule has 38 heavy (non-hydrogen) atoms. The van der Waals surface area contributed by atoms with Gasteiger partial charge in [-0.15, -0.1) is 0 Å². The molecule has 2 heterocycles. The van der Waals surface area contributed by atoms with Gasteiger partial charge in [-0.3, -0.25) is 9.59 Å². The minimum atomic E-state index is -3.84. The first-order valence-corrected chi connectivity index (χ1v) is 13.9. The Morgan fingerprint density at radius 3 is 2.45 bits per heavy atom. The van der Waals surface area contributed by atoms with E-state index in [0.29, 0.717) is 49.4 Å². The largest absolute Gasteiger partial charge is 0.497 e. The van der Waals surface area contributed by atoms with E-state index in [2.05, 4.69) is 5.32 Å². The Labute approximate surface area is 221 Å². The number of sulfonamides is 1. The zero-order valence-corrected chi connectivity index (χ0v) is 21.7. The first kappa shape index (κ1) is 25.9. The molecule has 0 radical (unpaired) electrons. The number of anilines is 2. The molecule has 0 bridgehead atoms. The van der Waals surface area contributed by atoms with Crippen LogP contribution in [0.4, 0.5) is 15.8 Å². The summed E-state index contributed by atoms with van der Waals surface area (Å²) in [7, 11) is -2.27. The van der Waals surface area contributed by atoms with Crippen LogP contribution in [0.25, 0.3) is 0 Å². The van der Waals surface area contributed by atoms with Crippen molar-refractivity contribution in [1.29, 1.82) is 0 Å². The third-order valence-corrected chi connectivity index (χ3v) is 8.92. The van der Waals surface area contributed by atoms with Gasteiger partial charge in [-0.05, 0) is 85.5 Å². The van der Waals surface area contributed by atoms with Crippen molar-refractivity contribution in [3.8, 4) is 5.75 Å². The van der Waals surface area contributed by atoms with Gasteiger partial charge in [0.2, 0.25) is 15.9 Å². The van der Waals surface area contributed by atoms with Crippen LogP contribution in [-0.4, -0.2) is 51.3 Å². The predicted octanol–water partition coefficient (Wildman–Crippen LogP) is 4.08. The van der Waals surface area contributed by atoms with Gasteiger partial charge < -0.3 is 15.0 Å². The fourth-order valence-electron chi connectivity index (χ4n) is 4.93. The Balaban J connectivity index is 1.28. The third kappa shape index (κ3) is 5.14. The molecule has 0 aliphatic carbocycles. The van der Waals surface area contributed by atoms with Crippen molar-refractivity contribution in [1.82, 2.24) is 4.31 Å². The van der Waals surface area contributed by atoms with E-state index in [1.165, 1.54) is 16.4 Å². The lowest BCUT2D eigenvalue weighted by Gasteiger charge is -2.31. The van der Waals surface area contributed by atoms with Gasteiger partial charge in [-0.1, -0.05) is 6.07 Å². The highest BCUT2D eigenvalue weighted by Crippen LogP contribution is 2.33. The van der Waals surface area contributed by atoms with Crippen molar-refractivity contribution in [2.75, 3.05) is 37.0 Å². The normalized spacial score (nSPS) is 17.6. The first-order valence-electron chi connectivity index (χ1n) is 12.4. The topological polar surface area (TPSA) is 96.0 Å². The molecule has 1 N–H and O–H groups in total. The standard InChI is InChI=1S/C28H28FN3O5S/c1-37-24-10-5-20(6-11-24)28(34)32-16-14-19-4-9-23(17-26(19)32)30-27(33)21-3-2-15-31(18-21)38(35,36)25-12-7-22(29)8-13-25/h4-13,17,21H,2-3,14-16,18H2,1H3,(H,30,33). The van der Waals surface area contributed by atoms with E-state index in [0.717, 1.165) is 23.4 Å². The maximum Gasteiger partial charge on any atom is 0.258 e. The van der Waals surface area contributed by atoms with E-state index >= 15 is 0 Å². The lowest BCUT2D eigenvalue weighted by molar-refractivity contribution is -0.120. The average Bonchev–Trinajstić information content (AvgIpc) is 3.36. The number of hydrogen-bond donors (Lipinski definition) is 1. The van der Waals surface area contributed by atoms with E-state index in [1.807, 2.05) is 6.07 Å². The summed E-state index contributed by atoms with van der Waals surface area (Å²) in [5.74, 6) is -0.804. The number of carbonyl (C=O) groups excluding carboxylic acids is 2. The van der Waals surface area contributed by atoms with Crippen LogP contribution in [0, 0.1) is 11.7 Å². The van der Waals surface area contributed by atoms with E-state index in [1.54, 1.807) is 48.4 Å². The van der Waals surface area contributed by atoms with Gasteiger partial charge in [0.05, 0.1) is 17.9 Å². The quantitative estimate of drug-likeness (QED) is 0.511. The van der Waals surface area contributed by atoms with Crippen LogP contribution in [0.1, 0.15) is 28.8 Å². The molecule has 1 unspecified atom stereocenters. The number of rotatable bonds is 6. The highest BCUT2D eigenvalue weighted by Gasteiger charge is 2.34. The number of carbonyl (C=O) groups is 2. The van der Waals surface area contributed by atoms with Gasteiger partial charge in [-0.2, -0.15) is 4.31 Å². The molecular weight excluding hydrogens is 509 g/mol. The summed E-state index contributed by atoms with van der Waals surface area (Å²) < 4.78 is 45.8. The average molecular weight is 538 g/mol. The lowest BCUT2D eigenvalue weighted by Crippen LogP contribution is -2.43. The first-order chi connectivity index (χ1) is 18.3. The molecule has 0 saturated carbocycles. The number of ether oxygens (including phenoxy) is 1. The number of halogens is 1. The minimum absolute atomic E-state index is 0.000184. The molecule has 8 nitrogen and oxygen atoms in total. The number of methoxy groups -OCH3 is 1. The van der Waals surface area contributed by atoms with Gasteiger partial charge in [0.1, 0.15) is 11.6 Å². The second-order valence-corrected chi connectivity index (χ2v) is 11.4. The van der Waals surface area contributed by atoms with Crippen LogP contribution >= 0.6 is 0 Å². The highest BCUT2D eigenvalue weighted by molar-refractivity contribution is 7.89. The van der Waals surface area contributed by atoms with Crippen molar-refractivity contribution >= 4 is 33.2 Å². The third-order valence-electron chi connectivity index (χ3n) is 7.04. The number of fused-ring (bicyclic) bond motifs is 1. The SMILES string of the molecule is COc1ccc(C(=O)N2CCc3ccc(NC(=O)C4CCCN(S(=O)(=O)c5ccc(F)cc5)C4)cc32)cc1. The highest BCUT2D eigenvalue weighted by atomic mass is 32.2. The van der Waals surface area contributed by atoms with Crippen molar-refractivity contribution in [2.24, 2.45) is 5.92 Å². The van der Waals surface area contributed by atoms with Crippen LogP contribution in [0.2, 0.25) is 0 Å². The molecule has 2 aliphatic rings. The van der Waals surface area contributed by atoms with Crippen LogP contribution in [0.3, 0.4) is 0 Å². The molecule has 1 atom stereocenters. The maximum absolute atomic E-state index is 13.3. The minimum Gasteiger partial charge on any atom is -0.497 e. The molecule has 1 fully saturated rings. The summed E-state index contributed by atoms with van der Waals surface area (Å²) in [5.41, 5.74) is 2.84. The summed E-state index contributed by atoms with van der Waals surface area (Å²) in [6, 6.07) is 17.1. The fraction of sp³-hybridized carbons (Fsp3) is 0.286. The fourth-order valence-corrected chi connectivity index (χ4v) is 6.46. The number of benzene rings is 3. The molecule has 3 aromatic carbocycles. The molecule has 3 aromatic rings. The van der Waals surface area contributed by atoms with Gasteiger partial charge >= 0.3 is 0 Å². The summed E-state index contributed by atoms with van der Waals surface area (Å²) in [6.45, 7) is 0.875. The zero-order chi connectivity index (χ0) is 26.9. The molecule has 2 amide bonds. The molecule has 0 spiro atoms. The van der Waals surface area contributed by atoms with Gasteiger partial charge in [-0.25, -0.2) is 12.8 Å². The van der Waals surface area contributed by atoms with Crippen LogP contribution in [0.15, 0.2) is 71.6 Å². The van der Waals surface area contributed by atoms with Gasteiger partial charge in [0.15, 0.2) is 0 Å². The lowest BCUT2D eigenvalue weighted by atomic mass is 9.98. The molecule has 198 valence electrons. The number of hydrogen-bond acceptors (Lipinski definition) is 5. The summed E-state index contributed by atoms with van der Waals surface area (Å²) in [4.78, 5) is 28.0. The molecule has 5 rings (SSSR count). The Hall–Kier alpha value is -3.76. The van der Waals surface area contributed by atoms with Crippen LogP contribution in [0.5, 0.6) is 5.75 Å². The van der Waals surface area contributed by atoms with Crippen molar-refractivity contribution in [2.45, 2.75) is 24.2 Å². The van der Waals surface area contributed by atoms with Crippen molar-refractivity contribution < 1.29 is 27.1 Å². The monoisotopic (exact) mass is 537 g/mol. The summed E-state index contributed by atoms with van der Waals surface area (Å²) in [5, 5.41) is 2.91. The Bertz CT molecular complexity index is 1460. The zero-order valence-electron chi connectivity index (χ0n) is 20.9. The second kappa shape index (κ2) is 10.5.